The number of piperidine rings is 1. The zero-order valence-electron chi connectivity index (χ0n) is 15.8. The van der Waals surface area contributed by atoms with Crippen molar-refractivity contribution < 1.29 is 9.84 Å². The topological polar surface area (TPSA) is 32.7 Å². The Morgan fingerprint density at radius 1 is 0.958 bits per heavy atom. The predicted octanol–water partition coefficient (Wildman–Crippen LogP) is 3.56. The van der Waals surface area contributed by atoms with E-state index < -0.39 is 0 Å². The quantitative estimate of drug-likeness (QED) is 0.805. The second kappa shape index (κ2) is 6.89. The fraction of sp³-hybridized carbons (Fsp3) is 1.00. The zero-order valence-corrected chi connectivity index (χ0v) is 15.8. The summed E-state index contributed by atoms with van der Waals surface area (Å²) in [6, 6.07) is 0. The molecule has 138 valence electrons. The van der Waals surface area contributed by atoms with Gasteiger partial charge >= 0.3 is 0 Å². The van der Waals surface area contributed by atoms with Crippen LogP contribution in [0, 0.1) is 35.0 Å². The Balaban J connectivity index is 1.21. The van der Waals surface area contributed by atoms with Gasteiger partial charge in [-0.2, -0.15) is 0 Å². The lowest BCUT2D eigenvalue weighted by molar-refractivity contribution is -0.107. The lowest BCUT2D eigenvalue weighted by Crippen LogP contribution is -2.48. The van der Waals surface area contributed by atoms with Crippen molar-refractivity contribution in [3.63, 3.8) is 0 Å². The van der Waals surface area contributed by atoms with Crippen LogP contribution in [0.3, 0.4) is 0 Å². The van der Waals surface area contributed by atoms with Crippen molar-refractivity contribution in [2.24, 2.45) is 35.0 Å². The molecule has 1 aliphatic heterocycles. The second-order valence-electron chi connectivity index (χ2n) is 10.3. The molecule has 5 fully saturated rings. The monoisotopic (exact) mass is 335 g/mol. The SMILES string of the molecule is C[C@@H]1C[C@H](C)CN(C[C@H](O)COCC23CC4CC(CC(C4)C2)C3)C1. The first-order chi connectivity index (χ1) is 11.5. The van der Waals surface area contributed by atoms with Gasteiger partial charge in [-0.3, -0.25) is 0 Å². The van der Waals surface area contributed by atoms with Crippen LogP contribution in [-0.4, -0.2) is 49.0 Å². The number of β-amino-alcohol motifs (C(OH)–C–C–N with tert-alkyl or cyclic N) is 1. The Morgan fingerprint density at radius 3 is 2.04 bits per heavy atom. The van der Waals surface area contributed by atoms with Crippen molar-refractivity contribution in [3.8, 4) is 0 Å². The maximum absolute atomic E-state index is 10.4. The normalized spacial score (nSPS) is 46.4. The first kappa shape index (κ1) is 17.3. The summed E-state index contributed by atoms with van der Waals surface area (Å²) in [4.78, 5) is 2.44. The molecule has 5 rings (SSSR count). The third kappa shape index (κ3) is 3.83. The van der Waals surface area contributed by atoms with E-state index in [0.717, 1.165) is 55.8 Å². The molecule has 24 heavy (non-hydrogen) atoms. The average molecular weight is 336 g/mol. The fourth-order valence-electron chi connectivity index (χ4n) is 7.17. The molecule has 0 amide bonds. The maximum Gasteiger partial charge on any atom is 0.0900 e. The Hall–Kier alpha value is -0.120. The van der Waals surface area contributed by atoms with E-state index in [-0.39, 0.29) is 6.10 Å². The van der Waals surface area contributed by atoms with E-state index in [2.05, 4.69) is 18.7 Å². The number of aliphatic hydroxyl groups excluding tert-OH is 1. The molecular weight excluding hydrogens is 298 g/mol. The molecular formula is C21H37NO2. The summed E-state index contributed by atoms with van der Waals surface area (Å²) < 4.78 is 6.10. The van der Waals surface area contributed by atoms with Gasteiger partial charge in [-0.05, 0) is 80.0 Å². The molecule has 4 bridgehead atoms. The summed E-state index contributed by atoms with van der Waals surface area (Å²) in [5, 5.41) is 10.4. The van der Waals surface area contributed by atoms with Gasteiger partial charge in [0.1, 0.15) is 0 Å². The minimum Gasteiger partial charge on any atom is -0.389 e. The zero-order chi connectivity index (χ0) is 16.7. The fourth-order valence-corrected chi connectivity index (χ4v) is 7.17. The van der Waals surface area contributed by atoms with Crippen LogP contribution in [0.15, 0.2) is 0 Å². The summed E-state index contributed by atoms with van der Waals surface area (Å²) >= 11 is 0. The molecule has 0 aromatic carbocycles. The van der Waals surface area contributed by atoms with Gasteiger partial charge in [-0.25, -0.2) is 0 Å². The largest absolute Gasteiger partial charge is 0.389 e. The van der Waals surface area contributed by atoms with Gasteiger partial charge in [0.25, 0.3) is 0 Å². The highest BCUT2D eigenvalue weighted by molar-refractivity contribution is 5.01. The molecule has 4 saturated carbocycles. The molecule has 1 N–H and O–H groups in total. The van der Waals surface area contributed by atoms with Gasteiger partial charge in [0.2, 0.25) is 0 Å². The van der Waals surface area contributed by atoms with Crippen LogP contribution in [0.1, 0.15) is 58.8 Å². The molecule has 1 saturated heterocycles. The van der Waals surface area contributed by atoms with Crippen molar-refractivity contribution in [2.75, 3.05) is 32.8 Å². The van der Waals surface area contributed by atoms with E-state index in [1.807, 2.05) is 0 Å². The third-order valence-electron chi connectivity index (χ3n) is 7.30. The van der Waals surface area contributed by atoms with Crippen LogP contribution in [0.25, 0.3) is 0 Å². The summed E-state index contributed by atoms with van der Waals surface area (Å²) in [6.07, 6.45) is 9.68. The number of aliphatic hydroxyl groups is 1. The number of rotatable bonds is 6. The van der Waals surface area contributed by atoms with E-state index in [1.165, 1.54) is 44.9 Å². The molecule has 4 aliphatic carbocycles. The molecule has 0 spiro atoms. The Bertz CT molecular complexity index is 392. The van der Waals surface area contributed by atoms with Crippen molar-refractivity contribution >= 4 is 0 Å². The van der Waals surface area contributed by atoms with E-state index in [9.17, 15) is 5.11 Å². The minimum absolute atomic E-state index is 0.323. The highest BCUT2D eigenvalue weighted by Crippen LogP contribution is 2.60. The summed E-state index contributed by atoms with van der Waals surface area (Å²) in [5.74, 6) is 4.48. The van der Waals surface area contributed by atoms with Crippen LogP contribution >= 0.6 is 0 Å². The highest BCUT2D eigenvalue weighted by atomic mass is 16.5. The smallest absolute Gasteiger partial charge is 0.0900 e. The standard InChI is InChI=1S/C21H37NO2/c1-15-3-16(2)11-22(10-15)12-20(23)13-24-14-21-7-17-4-18(8-21)6-19(5-17)9-21/h15-20,23H,3-14H2,1-2H3/t15-,16+,17?,18?,19?,20-,21?/m0/s1. The maximum atomic E-state index is 10.4. The highest BCUT2D eigenvalue weighted by Gasteiger charge is 2.50. The van der Waals surface area contributed by atoms with E-state index in [0.29, 0.717) is 12.0 Å². The van der Waals surface area contributed by atoms with Gasteiger partial charge in [0, 0.05) is 19.6 Å². The van der Waals surface area contributed by atoms with E-state index in [4.69, 9.17) is 4.74 Å². The van der Waals surface area contributed by atoms with Crippen molar-refractivity contribution in [1.29, 1.82) is 0 Å². The van der Waals surface area contributed by atoms with Crippen LogP contribution in [0.5, 0.6) is 0 Å². The van der Waals surface area contributed by atoms with Gasteiger partial charge in [-0.15, -0.1) is 0 Å². The van der Waals surface area contributed by atoms with Crippen LogP contribution in [0.4, 0.5) is 0 Å². The average Bonchev–Trinajstić information content (AvgIpc) is 2.44. The molecule has 0 radical (unpaired) electrons. The Morgan fingerprint density at radius 2 is 1.50 bits per heavy atom. The van der Waals surface area contributed by atoms with E-state index in [1.54, 1.807) is 0 Å². The van der Waals surface area contributed by atoms with Crippen molar-refractivity contribution in [2.45, 2.75) is 64.9 Å². The predicted molar refractivity (Wildman–Crippen MR) is 96.8 cm³/mol. The summed E-state index contributed by atoms with van der Waals surface area (Å²) in [7, 11) is 0. The molecule has 0 aromatic rings. The van der Waals surface area contributed by atoms with Crippen LogP contribution in [-0.2, 0) is 4.74 Å². The van der Waals surface area contributed by atoms with Crippen LogP contribution < -0.4 is 0 Å². The van der Waals surface area contributed by atoms with Crippen LogP contribution in [0.2, 0.25) is 0 Å². The van der Waals surface area contributed by atoms with E-state index >= 15 is 0 Å². The van der Waals surface area contributed by atoms with Crippen molar-refractivity contribution in [3.05, 3.63) is 0 Å². The number of hydrogen-bond acceptors (Lipinski definition) is 3. The lowest BCUT2D eigenvalue weighted by Gasteiger charge is -2.56. The molecule has 3 nitrogen and oxygen atoms in total. The Kier molecular flexibility index (Phi) is 4.96. The summed E-state index contributed by atoms with van der Waals surface area (Å²) in [5.41, 5.74) is 0.475. The van der Waals surface area contributed by atoms with Gasteiger partial charge in [0.15, 0.2) is 0 Å². The number of nitrogens with zero attached hydrogens (tertiary/aromatic N) is 1. The first-order valence-electron chi connectivity index (χ1n) is 10.5. The lowest BCUT2D eigenvalue weighted by atomic mass is 9.50. The minimum atomic E-state index is -0.323. The van der Waals surface area contributed by atoms with Crippen molar-refractivity contribution in [1.82, 2.24) is 4.90 Å². The molecule has 1 heterocycles. The third-order valence-corrected chi connectivity index (χ3v) is 7.30. The molecule has 3 atom stereocenters. The van der Waals surface area contributed by atoms with Gasteiger partial charge in [0.05, 0.1) is 19.3 Å². The van der Waals surface area contributed by atoms with Gasteiger partial charge < -0.3 is 14.7 Å². The first-order valence-corrected chi connectivity index (χ1v) is 10.5. The van der Waals surface area contributed by atoms with Gasteiger partial charge in [-0.1, -0.05) is 13.8 Å². The molecule has 0 aromatic heterocycles. The number of ether oxygens (including phenoxy) is 1. The Labute approximate surface area is 148 Å². The number of likely N-dealkylation sites (tertiary alicyclic amines) is 1. The summed E-state index contributed by atoms with van der Waals surface area (Å²) in [6.45, 7) is 9.15. The number of hydrogen-bond donors (Lipinski definition) is 1. The molecule has 0 unspecified atom stereocenters. The second-order valence-corrected chi connectivity index (χ2v) is 10.3. The molecule has 3 heteroatoms. The molecule has 5 aliphatic rings.